The third-order valence-electron chi connectivity index (χ3n) is 3.79. The molecular weight excluding hydrogens is 302 g/mol. The number of aromatic nitrogens is 2. The van der Waals surface area contributed by atoms with Gasteiger partial charge in [0.05, 0.1) is 5.69 Å². The standard InChI is InChI=1S/C16H16F2N4O/c17-10-5-6-13(12(18)7-10)22-16(23)14-8-15(20-9-19-14)21-11-3-1-2-4-11/h5-9,11H,1-4H2,(H,22,23)(H,19,20,21). The Bertz CT molecular complexity index is 717. The van der Waals surface area contributed by atoms with Crippen molar-refractivity contribution in [2.75, 3.05) is 10.6 Å². The van der Waals surface area contributed by atoms with E-state index in [0.29, 0.717) is 17.9 Å². The Hall–Kier alpha value is -2.57. The summed E-state index contributed by atoms with van der Waals surface area (Å²) in [5, 5.41) is 5.64. The lowest BCUT2D eigenvalue weighted by Crippen LogP contribution is -2.18. The van der Waals surface area contributed by atoms with E-state index in [0.717, 1.165) is 18.9 Å². The highest BCUT2D eigenvalue weighted by atomic mass is 19.1. The van der Waals surface area contributed by atoms with Crippen molar-refractivity contribution < 1.29 is 13.6 Å². The number of nitrogens with zero attached hydrogens (tertiary/aromatic N) is 2. The van der Waals surface area contributed by atoms with E-state index in [2.05, 4.69) is 20.6 Å². The average Bonchev–Trinajstić information content (AvgIpc) is 3.03. The highest BCUT2D eigenvalue weighted by Crippen LogP contribution is 2.21. The summed E-state index contributed by atoms with van der Waals surface area (Å²) < 4.78 is 26.4. The smallest absolute Gasteiger partial charge is 0.274 e. The van der Waals surface area contributed by atoms with Gasteiger partial charge >= 0.3 is 0 Å². The fourth-order valence-electron chi connectivity index (χ4n) is 2.62. The monoisotopic (exact) mass is 318 g/mol. The molecule has 0 aliphatic heterocycles. The highest BCUT2D eigenvalue weighted by Gasteiger charge is 2.17. The number of hydrogen-bond acceptors (Lipinski definition) is 4. The Labute approximate surface area is 132 Å². The van der Waals surface area contributed by atoms with Crippen LogP contribution in [0.3, 0.4) is 0 Å². The maximum atomic E-state index is 13.6. The van der Waals surface area contributed by atoms with Gasteiger partial charge in [0.1, 0.15) is 29.5 Å². The molecule has 1 aromatic heterocycles. The van der Waals surface area contributed by atoms with Gasteiger partial charge in [-0.2, -0.15) is 0 Å². The molecule has 0 radical (unpaired) electrons. The molecule has 3 rings (SSSR count). The molecule has 0 unspecified atom stereocenters. The zero-order chi connectivity index (χ0) is 16.2. The number of benzene rings is 1. The molecule has 1 amide bonds. The van der Waals surface area contributed by atoms with Gasteiger partial charge in [-0.3, -0.25) is 4.79 Å². The molecule has 1 heterocycles. The highest BCUT2D eigenvalue weighted by molar-refractivity contribution is 6.03. The molecular formula is C16H16F2N4O. The summed E-state index contributed by atoms with van der Waals surface area (Å²) in [6.07, 6.45) is 5.80. The number of nitrogens with one attached hydrogen (secondary N) is 2. The Morgan fingerprint density at radius 2 is 1.91 bits per heavy atom. The molecule has 1 aromatic carbocycles. The summed E-state index contributed by atoms with van der Waals surface area (Å²) in [5.74, 6) is -1.55. The SMILES string of the molecule is O=C(Nc1ccc(F)cc1F)c1cc(NC2CCCC2)ncn1. The quantitative estimate of drug-likeness (QED) is 0.907. The van der Waals surface area contributed by atoms with Crippen LogP contribution in [0.1, 0.15) is 36.2 Å². The predicted octanol–water partition coefficient (Wildman–Crippen LogP) is 3.36. The van der Waals surface area contributed by atoms with E-state index >= 15 is 0 Å². The van der Waals surface area contributed by atoms with Gasteiger partial charge in [-0.25, -0.2) is 18.7 Å². The maximum Gasteiger partial charge on any atom is 0.274 e. The molecule has 1 aliphatic carbocycles. The molecule has 0 saturated heterocycles. The van der Waals surface area contributed by atoms with Gasteiger partial charge in [-0.05, 0) is 25.0 Å². The zero-order valence-corrected chi connectivity index (χ0v) is 12.4. The number of amides is 1. The predicted molar refractivity (Wildman–Crippen MR) is 82.2 cm³/mol. The lowest BCUT2D eigenvalue weighted by molar-refractivity contribution is 0.102. The van der Waals surface area contributed by atoms with Crippen LogP contribution in [0.25, 0.3) is 0 Å². The van der Waals surface area contributed by atoms with E-state index in [1.807, 2.05) is 0 Å². The largest absolute Gasteiger partial charge is 0.367 e. The van der Waals surface area contributed by atoms with E-state index in [1.165, 1.54) is 31.3 Å². The minimum Gasteiger partial charge on any atom is -0.367 e. The van der Waals surface area contributed by atoms with Crippen LogP contribution in [-0.2, 0) is 0 Å². The Balaban J connectivity index is 1.71. The van der Waals surface area contributed by atoms with Gasteiger partial charge in [0.15, 0.2) is 0 Å². The van der Waals surface area contributed by atoms with E-state index in [4.69, 9.17) is 0 Å². The van der Waals surface area contributed by atoms with Gasteiger partial charge in [-0.1, -0.05) is 12.8 Å². The average molecular weight is 318 g/mol. The second-order valence-electron chi connectivity index (χ2n) is 5.49. The number of rotatable bonds is 4. The summed E-state index contributed by atoms with van der Waals surface area (Å²) >= 11 is 0. The first-order valence-electron chi connectivity index (χ1n) is 7.47. The van der Waals surface area contributed by atoms with Gasteiger partial charge in [-0.15, -0.1) is 0 Å². The third-order valence-corrected chi connectivity index (χ3v) is 3.79. The van der Waals surface area contributed by atoms with E-state index in [1.54, 1.807) is 0 Å². The number of hydrogen-bond donors (Lipinski definition) is 2. The van der Waals surface area contributed by atoms with Crippen LogP contribution in [0.4, 0.5) is 20.3 Å². The number of carbonyl (C=O) groups excluding carboxylic acids is 1. The molecule has 0 atom stereocenters. The van der Waals surface area contributed by atoms with E-state index in [-0.39, 0.29) is 11.4 Å². The first-order valence-corrected chi connectivity index (χ1v) is 7.47. The fourth-order valence-corrected chi connectivity index (χ4v) is 2.62. The van der Waals surface area contributed by atoms with Crippen molar-refractivity contribution in [3.8, 4) is 0 Å². The molecule has 1 aliphatic rings. The van der Waals surface area contributed by atoms with Gasteiger partial charge in [0, 0.05) is 18.2 Å². The molecule has 1 fully saturated rings. The minimum atomic E-state index is -0.836. The second-order valence-corrected chi connectivity index (χ2v) is 5.49. The van der Waals surface area contributed by atoms with Crippen LogP contribution in [-0.4, -0.2) is 21.9 Å². The first kappa shape index (κ1) is 15.3. The molecule has 1 saturated carbocycles. The van der Waals surface area contributed by atoms with Crippen molar-refractivity contribution in [3.05, 3.63) is 47.9 Å². The summed E-state index contributed by atoms with van der Waals surface area (Å²) in [4.78, 5) is 20.1. The maximum absolute atomic E-state index is 13.6. The summed E-state index contributed by atoms with van der Waals surface area (Å²) in [6.45, 7) is 0. The second kappa shape index (κ2) is 6.68. The number of anilines is 2. The zero-order valence-electron chi connectivity index (χ0n) is 12.4. The van der Waals surface area contributed by atoms with Crippen LogP contribution < -0.4 is 10.6 Å². The van der Waals surface area contributed by atoms with Crippen LogP contribution in [0.15, 0.2) is 30.6 Å². The molecule has 5 nitrogen and oxygen atoms in total. The van der Waals surface area contributed by atoms with Crippen molar-refractivity contribution in [1.29, 1.82) is 0 Å². The Morgan fingerprint density at radius 1 is 1.13 bits per heavy atom. The molecule has 0 bridgehead atoms. The van der Waals surface area contributed by atoms with E-state index < -0.39 is 17.5 Å². The molecule has 7 heteroatoms. The molecule has 0 spiro atoms. The Morgan fingerprint density at radius 3 is 2.65 bits per heavy atom. The summed E-state index contributed by atoms with van der Waals surface area (Å²) in [5.41, 5.74) is 0.0181. The number of carbonyl (C=O) groups is 1. The lowest BCUT2D eigenvalue weighted by atomic mass is 10.2. The van der Waals surface area contributed by atoms with Crippen LogP contribution in [0.2, 0.25) is 0 Å². The van der Waals surface area contributed by atoms with Crippen LogP contribution in [0.5, 0.6) is 0 Å². The summed E-state index contributed by atoms with van der Waals surface area (Å²) in [6, 6.07) is 4.83. The lowest BCUT2D eigenvalue weighted by Gasteiger charge is -2.13. The molecule has 23 heavy (non-hydrogen) atoms. The molecule has 2 N–H and O–H groups in total. The summed E-state index contributed by atoms with van der Waals surface area (Å²) in [7, 11) is 0. The van der Waals surface area contributed by atoms with Crippen LogP contribution in [0, 0.1) is 11.6 Å². The normalized spacial score (nSPS) is 14.7. The number of halogens is 2. The van der Waals surface area contributed by atoms with Crippen molar-refractivity contribution in [3.63, 3.8) is 0 Å². The molecule has 2 aromatic rings. The topological polar surface area (TPSA) is 66.9 Å². The van der Waals surface area contributed by atoms with E-state index in [9.17, 15) is 13.6 Å². The minimum absolute atomic E-state index is 0.0969. The van der Waals surface area contributed by atoms with Gasteiger partial charge in [0.2, 0.25) is 0 Å². The van der Waals surface area contributed by atoms with Gasteiger partial charge in [0.25, 0.3) is 5.91 Å². The first-order chi connectivity index (χ1) is 11.1. The van der Waals surface area contributed by atoms with Crippen molar-refractivity contribution >= 4 is 17.4 Å². The van der Waals surface area contributed by atoms with Crippen molar-refractivity contribution in [1.82, 2.24) is 9.97 Å². The Kier molecular flexibility index (Phi) is 4.45. The van der Waals surface area contributed by atoms with Crippen molar-refractivity contribution in [2.24, 2.45) is 0 Å². The van der Waals surface area contributed by atoms with Gasteiger partial charge < -0.3 is 10.6 Å². The van der Waals surface area contributed by atoms with Crippen molar-refractivity contribution in [2.45, 2.75) is 31.7 Å². The van der Waals surface area contributed by atoms with Crippen LogP contribution >= 0.6 is 0 Å². The molecule has 120 valence electrons. The third kappa shape index (κ3) is 3.80. The fraction of sp³-hybridized carbons (Fsp3) is 0.312.